The van der Waals surface area contributed by atoms with Crippen molar-refractivity contribution in [3.63, 3.8) is 0 Å². The van der Waals surface area contributed by atoms with Crippen LogP contribution in [0.15, 0.2) is 72.8 Å². The number of benzene rings is 3. The standard InChI is InChI=1S/C20H15Cl2O2P/c21-19-8-4-5-16(20(19)22)12-9-15-10-13-18(14-11-15)24-25-23-17-6-2-1-3-7-17/h1-14,25H/b12-9+. The quantitative estimate of drug-likeness (QED) is 0.330. The van der Waals surface area contributed by atoms with Crippen LogP contribution in [0.5, 0.6) is 11.5 Å². The van der Waals surface area contributed by atoms with E-state index in [1.54, 1.807) is 6.07 Å². The number of halogens is 2. The Labute approximate surface area is 159 Å². The SMILES string of the molecule is Clc1cccc(/C=C/c2ccc(OPOc3ccccc3)cc2)c1Cl. The van der Waals surface area contributed by atoms with Crippen LogP contribution < -0.4 is 9.05 Å². The normalized spacial score (nSPS) is 11.3. The van der Waals surface area contributed by atoms with Crippen LogP contribution in [0.4, 0.5) is 0 Å². The van der Waals surface area contributed by atoms with E-state index in [1.165, 1.54) is 0 Å². The molecule has 3 rings (SSSR count). The summed E-state index contributed by atoms with van der Waals surface area (Å²) in [5, 5.41) is 1.10. The van der Waals surface area contributed by atoms with Crippen LogP contribution in [0.25, 0.3) is 12.2 Å². The molecule has 1 unspecified atom stereocenters. The molecule has 3 aromatic rings. The second-order valence-corrected chi connectivity index (χ2v) is 6.51. The van der Waals surface area contributed by atoms with E-state index in [-0.39, 0.29) is 9.03 Å². The van der Waals surface area contributed by atoms with Crippen molar-refractivity contribution < 1.29 is 9.05 Å². The van der Waals surface area contributed by atoms with Gasteiger partial charge in [-0.25, -0.2) is 0 Å². The van der Waals surface area contributed by atoms with Crippen LogP contribution in [0, 0.1) is 0 Å². The minimum absolute atomic E-state index is 0.0910. The van der Waals surface area contributed by atoms with Crippen LogP contribution in [0.3, 0.4) is 0 Å². The van der Waals surface area contributed by atoms with Gasteiger partial charge in [-0.1, -0.05) is 77.8 Å². The molecule has 0 aliphatic carbocycles. The van der Waals surface area contributed by atoms with E-state index in [0.717, 1.165) is 22.6 Å². The van der Waals surface area contributed by atoms with Crippen molar-refractivity contribution in [1.82, 2.24) is 0 Å². The maximum absolute atomic E-state index is 6.18. The molecule has 0 radical (unpaired) electrons. The van der Waals surface area contributed by atoms with Gasteiger partial charge in [0.15, 0.2) is 0 Å². The van der Waals surface area contributed by atoms with Gasteiger partial charge in [0, 0.05) is 0 Å². The molecule has 0 fully saturated rings. The molecule has 0 N–H and O–H groups in total. The van der Waals surface area contributed by atoms with E-state index in [4.69, 9.17) is 32.2 Å². The van der Waals surface area contributed by atoms with Gasteiger partial charge < -0.3 is 9.05 Å². The predicted octanol–water partition coefficient (Wildman–Crippen LogP) is 7.13. The van der Waals surface area contributed by atoms with E-state index in [2.05, 4.69) is 0 Å². The molecule has 2 nitrogen and oxygen atoms in total. The Hall–Kier alpha value is -1.99. The lowest BCUT2D eigenvalue weighted by atomic mass is 10.1. The van der Waals surface area contributed by atoms with Crippen LogP contribution in [-0.2, 0) is 0 Å². The predicted molar refractivity (Wildman–Crippen MR) is 108 cm³/mol. The molecule has 0 bridgehead atoms. The largest absolute Gasteiger partial charge is 0.441 e. The van der Waals surface area contributed by atoms with Crippen molar-refractivity contribution >= 4 is 44.4 Å². The van der Waals surface area contributed by atoms with Gasteiger partial charge in [0.2, 0.25) is 0 Å². The Morgan fingerprint density at radius 2 is 1.36 bits per heavy atom. The van der Waals surface area contributed by atoms with Gasteiger partial charge >= 0.3 is 0 Å². The van der Waals surface area contributed by atoms with Crippen LogP contribution in [0.1, 0.15) is 11.1 Å². The van der Waals surface area contributed by atoms with Crippen molar-refractivity contribution in [2.75, 3.05) is 0 Å². The first-order valence-corrected chi connectivity index (χ1v) is 9.15. The monoisotopic (exact) mass is 388 g/mol. The number of hydrogen-bond acceptors (Lipinski definition) is 2. The third-order valence-electron chi connectivity index (χ3n) is 3.38. The lowest BCUT2D eigenvalue weighted by Gasteiger charge is -2.07. The molecule has 0 aromatic heterocycles. The summed E-state index contributed by atoms with van der Waals surface area (Å²) in [5.41, 5.74) is 1.92. The van der Waals surface area contributed by atoms with Gasteiger partial charge in [-0.2, -0.15) is 0 Å². The highest BCUT2D eigenvalue weighted by Gasteiger charge is 2.01. The summed E-state index contributed by atoms with van der Waals surface area (Å²) in [5.74, 6) is 1.55. The maximum atomic E-state index is 6.18. The van der Waals surface area contributed by atoms with Gasteiger partial charge in [-0.15, -0.1) is 0 Å². The summed E-state index contributed by atoms with van der Waals surface area (Å²) in [6.07, 6.45) is 3.91. The molecule has 0 saturated heterocycles. The number of hydrogen-bond donors (Lipinski definition) is 0. The zero-order valence-corrected chi connectivity index (χ0v) is 15.7. The van der Waals surface area contributed by atoms with Crippen molar-refractivity contribution in [3.8, 4) is 11.5 Å². The van der Waals surface area contributed by atoms with Gasteiger partial charge in [0.05, 0.1) is 10.0 Å². The van der Waals surface area contributed by atoms with Crippen LogP contribution in [-0.4, -0.2) is 0 Å². The minimum atomic E-state index is -0.0910. The van der Waals surface area contributed by atoms with E-state index < -0.39 is 0 Å². The topological polar surface area (TPSA) is 18.5 Å². The fourth-order valence-corrected chi connectivity index (χ4v) is 2.96. The highest BCUT2D eigenvalue weighted by molar-refractivity contribution is 7.27. The van der Waals surface area contributed by atoms with E-state index in [9.17, 15) is 0 Å². The molecular weight excluding hydrogens is 374 g/mol. The summed E-state index contributed by atoms with van der Waals surface area (Å²) in [6, 6.07) is 22.9. The van der Waals surface area contributed by atoms with Crippen LogP contribution in [0.2, 0.25) is 10.0 Å². The lowest BCUT2D eigenvalue weighted by Crippen LogP contribution is -1.85. The van der Waals surface area contributed by atoms with Gasteiger partial charge in [0.25, 0.3) is 9.03 Å². The minimum Gasteiger partial charge on any atom is -0.441 e. The van der Waals surface area contributed by atoms with Crippen molar-refractivity contribution in [3.05, 3.63) is 94.0 Å². The Balaban J connectivity index is 1.57. The zero-order chi connectivity index (χ0) is 17.5. The van der Waals surface area contributed by atoms with Crippen LogP contribution >= 0.6 is 32.2 Å². The Morgan fingerprint density at radius 3 is 2.08 bits per heavy atom. The average Bonchev–Trinajstić information content (AvgIpc) is 2.65. The molecule has 0 saturated carbocycles. The molecule has 3 aromatic carbocycles. The Kier molecular flexibility index (Phi) is 6.36. The molecular formula is C20H15Cl2O2P. The van der Waals surface area contributed by atoms with E-state index in [1.807, 2.05) is 78.9 Å². The molecule has 5 heteroatoms. The average molecular weight is 389 g/mol. The Bertz CT molecular complexity index is 849. The van der Waals surface area contributed by atoms with Crippen molar-refractivity contribution in [1.29, 1.82) is 0 Å². The highest BCUT2D eigenvalue weighted by Crippen LogP contribution is 2.28. The van der Waals surface area contributed by atoms with Gasteiger partial charge in [-0.05, 0) is 41.5 Å². The molecule has 0 heterocycles. The molecule has 1 atom stereocenters. The summed E-state index contributed by atoms with van der Waals surface area (Å²) in [7, 11) is -0.0910. The summed E-state index contributed by atoms with van der Waals surface area (Å²) >= 11 is 12.2. The number of para-hydroxylation sites is 1. The first kappa shape index (κ1) is 17.8. The summed E-state index contributed by atoms with van der Waals surface area (Å²) < 4.78 is 11.1. The smallest absolute Gasteiger partial charge is 0.275 e. The lowest BCUT2D eigenvalue weighted by molar-refractivity contribution is 0.516. The molecule has 0 aliphatic heterocycles. The third kappa shape index (κ3) is 5.24. The molecule has 0 spiro atoms. The summed E-state index contributed by atoms with van der Waals surface area (Å²) in [4.78, 5) is 0. The van der Waals surface area contributed by atoms with Gasteiger partial charge in [-0.3, -0.25) is 0 Å². The summed E-state index contributed by atoms with van der Waals surface area (Å²) in [6.45, 7) is 0. The fourth-order valence-electron chi connectivity index (χ4n) is 2.09. The van der Waals surface area contributed by atoms with E-state index >= 15 is 0 Å². The Morgan fingerprint density at radius 1 is 0.680 bits per heavy atom. The second kappa shape index (κ2) is 8.92. The zero-order valence-electron chi connectivity index (χ0n) is 13.2. The van der Waals surface area contributed by atoms with Crippen molar-refractivity contribution in [2.24, 2.45) is 0 Å². The first-order valence-electron chi connectivity index (χ1n) is 7.58. The van der Waals surface area contributed by atoms with E-state index in [0.29, 0.717) is 10.0 Å². The second-order valence-electron chi connectivity index (χ2n) is 5.15. The number of rotatable bonds is 6. The van der Waals surface area contributed by atoms with Gasteiger partial charge in [0.1, 0.15) is 11.5 Å². The molecule has 0 amide bonds. The van der Waals surface area contributed by atoms with Crippen molar-refractivity contribution in [2.45, 2.75) is 0 Å². The highest BCUT2D eigenvalue weighted by atomic mass is 35.5. The third-order valence-corrected chi connectivity index (χ3v) is 4.85. The molecule has 25 heavy (non-hydrogen) atoms. The first-order chi connectivity index (χ1) is 12.2. The molecule has 0 aliphatic rings. The molecule has 126 valence electrons. The fraction of sp³-hybridized carbons (Fsp3) is 0. The maximum Gasteiger partial charge on any atom is 0.275 e.